The van der Waals surface area contributed by atoms with Crippen LogP contribution in [0.15, 0.2) is 47.2 Å². The van der Waals surface area contributed by atoms with E-state index >= 15 is 0 Å². The molecule has 1 aliphatic heterocycles. The molecule has 0 spiro atoms. The number of likely N-dealkylation sites (N-methyl/N-ethyl adjacent to an activating group) is 1. The molecule has 2 aromatic rings. The Morgan fingerprint density at radius 1 is 1.42 bits per heavy atom. The highest BCUT2D eigenvalue weighted by atomic mass is 16.3. The molecule has 0 saturated carbocycles. The summed E-state index contributed by atoms with van der Waals surface area (Å²) < 4.78 is 5.45. The summed E-state index contributed by atoms with van der Waals surface area (Å²) in [5.74, 6) is 1.20. The molecule has 2 N–H and O–H groups in total. The highest BCUT2D eigenvalue weighted by Gasteiger charge is 2.32. The van der Waals surface area contributed by atoms with Gasteiger partial charge in [-0.2, -0.15) is 0 Å². The van der Waals surface area contributed by atoms with Crippen LogP contribution in [0.4, 0.5) is 4.79 Å². The lowest BCUT2D eigenvalue weighted by atomic mass is 9.96. The third kappa shape index (κ3) is 5.06. The predicted octanol–water partition coefficient (Wildman–Crippen LogP) is 1.79. The molecule has 0 aromatic carbocycles. The molecule has 8 nitrogen and oxygen atoms in total. The van der Waals surface area contributed by atoms with Gasteiger partial charge >= 0.3 is 6.03 Å². The van der Waals surface area contributed by atoms with Gasteiger partial charge in [0.1, 0.15) is 5.76 Å². The molecule has 1 fully saturated rings. The van der Waals surface area contributed by atoms with Gasteiger partial charge in [0.25, 0.3) is 6.47 Å². The van der Waals surface area contributed by atoms with Crippen molar-refractivity contribution in [1.82, 2.24) is 20.1 Å². The zero-order chi connectivity index (χ0) is 18.9. The zero-order valence-electron chi connectivity index (χ0n) is 14.9. The molecule has 3 rings (SSSR count). The van der Waals surface area contributed by atoms with Crippen molar-refractivity contribution in [3.63, 3.8) is 0 Å². The van der Waals surface area contributed by atoms with Crippen LogP contribution in [0.1, 0.15) is 23.4 Å². The highest BCUT2D eigenvalue weighted by Crippen LogP contribution is 2.25. The number of aromatic nitrogens is 1. The molecular weight excluding hydrogens is 336 g/mol. The van der Waals surface area contributed by atoms with Gasteiger partial charge in [-0.25, -0.2) is 4.79 Å². The first-order chi connectivity index (χ1) is 12.6. The summed E-state index contributed by atoms with van der Waals surface area (Å²) in [5, 5.41) is 9.88. The van der Waals surface area contributed by atoms with Gasteiger partial charge in [-0.05, 0) is 38.4 Å². The molecule has 3 heterocycles. The van der Waals surface area contributed by atoms with Crippen molar-refractivity contribution in [2.75, 3.05) is 33.7 Å². The van der Waals surface area contributed by atoms with Crippen molar-refractivity contribution in [1.29, 1.82) is 0 Å². The number of carboxylic acid groups (broad SMARTS) is 1. The van der Waals surface area contributed by atoms with E-state index < -0.39 is 0 Å². The van der Waals surface area contributed by atoms with Crippen LogP contribution in [0, 0.1) is 0 Å². The first kappa shape index (κ1) is 19.5. The van der Waals surface area contributed by atoms with Gasteiger partial charge in [0.2, 0.25) is 0 Å². The van der Waals surface area contributed by atoms with Gasteiger partial charge < -0.3 is 19.7 Å². The number of rotatable bonds is 5. The van der Waals surface area contributed by atoms with E-state index in [9.17, 15) is 4.79 Å². The fraction of sp³-hybridized carbons (Fsp3) is 0.389. The minimum atomic E-state index is -0.250. The Bertz CT molecular complexity index is 670. The van der Waals surface area contributed by atoms with Crippen molar-refractivity contribution < 1.29 is 19.1 Å². The third-order valence-corrected chi connectivity index (χ3v) is 4.22. The van der Waals surface area contributed by atoms with Crippen LogP contribution in [0.5, 0.6) is 0 Å². The first-order valence-electron chi connectivity index (χ1n) is 8.28. The van der Waals surface area contributed by atoms with Crippen LogP contribution in [-0.2, 0) is 4.79 Å². The van der Waals surface area contributed by atoms with E-state index in [-0.39, 0.29) is 18.5 Å². The highest BCUT2D eigenvalue weighted by molar-refractivity contribution is 5.75. The van der Waals surface area contributed by atoms with Gasteiger partial charge in [-0.3, -0.25) is 14.7 Å². The Morgan fingerprint density at radius 3 is 2.69 bits per heavy atom. The molecule has 2 amide bonds. The van der Waals surface area contributed by atoms with Gasteiger partial charge in [0.15, 0.2) is 0 Å². The van der Waals surface area contributed by atoms with Crippen LogP contribution in [0.2, 0.25) is 0 Å². The quantitative estimate of drug-likeness (QED) is 0.789. The number of urea groups is 1. The van der Waals surface area contributed by atoms with Crippen LogP contribution in [0.3, 0.4) is 0 Å². The molecule has 0 aliphatic carbocycles. The number of likely N-dealkylation sites (tertiary alicyclic amines) is 1. The minimum Gasteiger partial charge on any atom is -0.483 e. The average molecular weight is 360 g/mol. The minimum absolute atomic E-state index is 0.0295. The number of hydrogen-bond acceptors (Lipinski definition) is 5. The Morgan fingerprint density at radius 2 is 2.15 bits per heavy atom. The number of carbonyl (C=O) groups excluding carboxylic acids is 1. The molecule has 0 bridgehead atoms. The van der Waals surface area contributed by atoms with Crippen LogP contribution in [-0.4, -0.2) is 66.1 Å². The Balaban J connectivity index is 0.000000758. The summed E-state index contributed by atoms with van der Waals surface area (Å²) in [5.41, 5.74) is 1.05. The maximum absolute atomic E-state index is 12.2. The number of carbonyl (C=O) groups is 2. The van der Waals surface area contributed by atoms with Crippen LogP contribution >= 0.6 is 0 Å². The lowest BCUT2D eigenvalue weighted by Crippen LogP contribution is -2.53. The summed E-state index contributed by atoms with van der Waals surface area (Å²) >= 11 is 0. The van der Waals surface area contributed by atoms with E-state index in [0.717, 1.165) is 24.5 Å². The monoisotopic (exact) mass is 360 g/mol. The predicted molar refractivity (Wildman–Crippen MR) is 95.8 cm³/mol. The smallest absolute Gasteiger partial charge is 0.317 e. The Labute approximate surface area is 152 Å². The third-order valence-electron chi connectivity index (χ3n) is 4.22. The van der Waals surface area contributed by atoms with Crippen molar-refractivity contribution in [2.24, 2.45) is 0 Å². The molecule has 2 aromatic heterocycles. The standard InChI is InChI=1S/C17H22N4O2.CH2O2/c1-20(2)15(16-7-5-9-23-16)10-19-17(22)21-11-13(12-21)14-6-3-4-8-18-14;2-1-3/h3-9,13,15H,10-12H2,1-2H3,(H,19,22);1H,(H,2,3). The summed E-state index contributed by atoms with van der Waals surface area (Å²) in [6.07, 6.45) is 3.45. The van der Waals surface area contributed by atoms with Crippen LogP contribution in [0.25, 0.3) is 0 Å². The number of pyridine rings is 1. The molecule has 0 radical (unpaired) electrons. The maximum atomic E-state index is 12.2. The van der Waals surface area contributed by atoms with Crippen molar-refractivity contribution >= 4 is 12.5 Å². The first-order valence-corrected chi connectivity index (χ1v) is 8.28. The topological polar surface area (TPSA) is 98.9 Å². The normalized spacial score (nSPS) is 14.8. The SMILES string of the molecule is CN(C)C(CNC(=O)N1CC(c2ccccn2)C1)c1ccco1.O=CO. The van der Waals surface area contributed by atoms with Crippen LogP contribution < -0.4 is 5.32 Å². The van der Waals surface area contributed by atoms with E-state index in [1.807, 2.05) is 54.2 Å². The zero-order valence-corrected chi connectivity index (χ0v) is 14.9. The summed E-state index contributed by atoms with van der Waals surface area (Å²) in [4.78, 5) is 28.8. The summed E-state index contributed by atoms with van der Waals surface area (Å²) in [6, 6.07) is 9.69. The molecule has 1 atom stereocenters. The average Bonchev–Trinajstić information content (AvgIpc) is 3.09. The summed E-state index contributed by atoms with van der Waals surface area (Å²) in [7, 11) is 3.94. The number of hydrogen-bond donors (Lipinski definition) is 2. The summed E-state index contributed by atoms with van der Waals surface area (Å²) in [6.45, 7) is 1.70. The lowest BCUT2D eigenvalue weighted by molar-refractivity contribution is -0.122. The Kier molecular flexibility index (Phi) is 7.16. The molecule has 26 heavy (non-hydrogen) atoms. The van der Waals surface area contributed by atoms with E-state index in [2.05, 4.69) is 10.3 Å². The second-order valence-electron chi connectivity index (χ2n) is 6.14. The fourth-order valence-electron chi connectivity index (χ4n) is 2.76. The molecule has 1 unspecified atom stereocenters. The van der Waals surface area contributed by atoms with Crippen molar-refractivity contribution in [3.05, 3.63) is 54.2 Å². The Hall–Kier alpha value is -2.87. The van der Waals surface area contributed by atoms with E-state index in [4.69, 9.17) is 14.3 Å². The van der Waals surface area contributed by atoms with E-state index in [1.54, 1.807) is 12.5 Å². The second kappa shape index (κ2) is 9.57. The maximum Gasteiger partial charge on any atom is 0.317 e. The second-order valence-corrected chi connectivity index (χ2v) is 6.14. The molecule has 1 aliphatic rings. The van der Waals surface area contributed by atoms with Gasteiger partial charge in [0.05, 0.1) is 12.3 Å². The van der Waals surface area contributed by atoms with Crippen molar-refractivity contribution in [2.45, 2.75) is 12.0 Å². The van der Waals surface area contributed by atoms with E-state index in [1.165, 1.54) is 0 Å². The van der Waals surface area contributed by atoms with E-state index in [0.29, 0.717) is 12.5 Å². The number of amides is 2. The number of nitrogens with one attached hydrogen (secondary N) is 1. The molecule has 1 saturated heterocycles. The largest absolute Gasteiger partial charge is 0.483 e. The van der Waals surface area contributed by atoms with Gasteiger partial charge in [-0.1, -0.05) is 6.07 Å². The molecule has 140 valence electrons. The number of nitrogens with zero attached hydrogens (tertiary/aromatic N) is 3. The van der Waals surface area contributed by atoms with Gasteiger partial charge in [0, 0.05) is 37.4 Å². The van der Waals surface area contributed by atoms with Gasteiger partial charge in [-0.15, -0.1) is 0 Å². The molecule has 8 heteroatoms. The fourth-order valence-corrected chi connectivity index (χ4v) is 2.76. The van der Waals surface area contributed by atoms with Crippen molar-refractivity contribution in [3.8, 4) is 0 Å². The molecular formula is C18H24N4O4. The lowest BCUT2D eigenvalue weighted by Gasteiger charge is -2.39. The number of furan rings is 1.